The van der Waals surface area contributed by atoms with Gasteiger partial charge >= 0.3 is 0 Å². The zero-order valence-corrected chi connectivity index (χ0v) is 11.0. The molecule has 0 aromatic heterocycles. The Labute approximate surface area is 108 Å². The van der Waals surface area contributed by atoms with Crippen LogP contribution in [0.2, 0.25) is 5.02 Å². The summed E-state index contributed by atoms with van der Waals surface area (Å²) >= 11 is 6.19. The molecule has 1 N–H and O–H groups in total. The van der Waals surface area contributed by atoms with Crippen molar-refractivity contribution < 1.29 is 4.74 Å². The van der Waals surface area contributed by atoms with E-state index in [4.69, 9.17) is 16.3 Å². The molecule has 0 radical (unpaired) electrons. The molecule has 0 amide bonds. The van der Waals surface area contributed by atoms with Crippen LogP contribution in [0.25, 0.3) is 0 Å². The minimum Gasteiger partial charge on any atom is -0.385 e. The maximum Gasteiger partial charge on any atom is 0.0474 e. The topological polar surface area (TPSA) is 21.3 Å². The van der Waals surface area contributed by atoms with Gasteiger partial charge in [0, 0.05) is 24.8 Å². The third-order valence-electron chi connectivity index (χ3n) is 3.44. The molecule has 3 heteroatoms. The third kappa shape index (κ3) is 3.44. The number of hydrogen-bond acceptors (Lipinski definition) is 2. The number of benzene rings is 1. The Bertz CT molecular complexity index is 350. The molecule has 1 fully saturated rings. The summed E-state index contributed by atoms with van der Waals surface area (Å²) in [5, 5.41) is 4.46. The van der Waals surface area contributed by atoms with Crippen molar-refractivity contribution >= 4 is 11.6 Å². The van der Waals surface area contributed by atoms with Crippen molar-refractivity contribution in [2.24, 2.45) is 0 Å². The molecule has 17 heavy (non-hydrogen) atoms. The average Bonchev–Trinajstić information content (AvgIpc) is 2.28. The van der Waals surface area contributed by atoms with Crippen LogP contribution in [-0.2, 0) is 4.74 Å². The molecule has 0 unspecified atom stereocenters. The van der Waals surface area contributed by atoms with E-state index in [2.05, 4.69) is 17.4 Å². The van der Waals surface area contributed by atoms with E-state index in [9.17, 15) is 0 Å². The van der Waals surface area contributed by atoms with E-state index in [1.165, 1.54) is 18.4 Å². The van der Waals surface area contributed by atoms with Gasteiger partial charge in [0.15, 0.2) is 0 Å². The van der Waals surface area contributed by atoms with Gasteiger partial charge in [-0.05, 0) is 43.4 Å². The lowest BCUT2D eigenvalue weighted by molar-refractivity contribution is 0.189. The second kappa shape index (κ2) is 6.39. The second-order valence-electron chi connectivity index (χ2n) is 4.69. The van der Waals surface area contributed by atoms with Crippen LogP contribution in [0, 0.1) is 0 Å². The molecule has 1 aromatic rings. The average molecular weight is 254 g/mol. The van der Waals surface area contributed by atoms with Crippen molar-refractivity contribution in [3.8, 4) is 0 Å². The molecule has 1 aliphatic carbocycles. The van der Waals surface area contributed by atoms with Crippen molar-refractivity contribution in [2.45, 2.75) is 31.2 Å². The molecule has 1 aromatic carbocycles. The molecule has 1 aliphatic rings. The van der Waals surface area contributed by atoms with E-state index < -0.39 is 0 Å². The van der Waals surface area contributed by atoms with Gasteiger partial charge in [-0.2, -0.15) is 0 Å². The summed E-state index contributed by atoms with van der Waals surface area (Å²) in [5.74, 6) is 0.642. The molecule has 1 saturated carbocycles. The van der Waals surface area contributed by atoms with Gasteiger partial charge in [0.2, 0.25) is 0 Å². The lowest BCUT2D eigenvalue weighted by atomic mass is 9.76. The molecule has 0 atom stereocenters. The summed E-state index contributed by atoms with van der Waals surface area (Å²) in [6.45, 7) is 1.89. The van der Waals surface area contributed by atoms with E-state index in [0.717, 1.165) is 24.6 Å². The summed E-state index contributed by atoms with van der Waals surface area (Å²) < 4.78 is 5.02. The first-order chi connectivity index (χ1) is 8.31. The zero-order valence-electron chi connectivity index (χ0n) is 10.3. The standard InChI is InChI=1S/C14H20ClNO/c1-17-8-4-7-16-12-9-11(10-12)13-5-2-3-6-14(13)15/h2-3,5-6,11-12,16H,4,7-10H2,1H3. The highest BCUT2D eigenvalue weighted by Gasteiger charge is 2.30. The second-order valence-corrected chi connectivity index (χ2v) is 5.09. The van der Waals surface area contributed by atoms with Crippen LogP contribution < -0.4 is 5.32 Å². The summed E-state index contributed by atoms with van der Waals surface area (Å²) in [4.78, 5) is 0. The predicted octanol–water partition coefficient (Wildman–Crippen LogP) is 3.21. The van der Waals surface area contributed by atoms with E-state index in [0.29, 0.717) is 12.0 Å². The van der Waals surface area contributed by atoms with E-state index in [1.807, 2.05) is 12.1 Å². The fraction of sp³-hybridized carbons (Fsp3) is 0.571. The molecule has 0 heterocycles. The Morgan fingerprint density at radius 1 is 1.35 bits per heavy atom. The Balaban J connectivity index is 1.70. The molecule has 94 valence electrons. The maximum atomic E-state index is 6.19. The van der Waals surface area contributed by atoms with Gasteiger partial charge in [-0.1, -0.05) is 29.8 Å². The van der Waals surface area contributed by atoms with Crippen LogP contribution in [0.15, 0.2) is 24.3 Å². The van der Waals surface area contributed by atoms with Crippen LogP contribution >= 0.6 is 11.6 Å². The summed E-state index contributed by atoms with van der Waals surface area (Å²) in [7, 11) is 1.75. The molecule has 2 nitrogen and oxygen atoms in total. The van der Waals surface area contributed by atoms with Gasteiger partial charge in [-0.3, -0.25) is 0 Å². The van der Waals surface area contributed by atoms with Gasteiger partial charge in [0.1, 0.15) is 0 Å². The number of nitrogens with one attached hydrogen (secondary N) is 1. The Hall–Kier alpha value is -0.570. The number of hydrogen-bond donors (Lipinski definition) is 1. The number of rotatable bonds is 6. The first kappa shape index (κ1) is 12.9. The third-order valence-corrected chi connectivity index (χ3v) is 3.79. The van der Waals surface area contributed by atoms with Crippen molar-refractivity contribution in [1.29, 1.82) is 0 Å². The number of ether oxygens (including phenoxy) is 1. The number of methoxy groups -OCH3 is 1. The normalized spacial score (nSPS) is 23.4. The minimum absolute atomic E-state index is 0.642. The van der Waals surface area contributed by atoms with Crippen LogP contribution in [0.5, 0.6) is 0 Å². The van der Waals surface area contributed by atoms with Crippen LogP contribution in [-0.4, -0.2) is 26.3 Å². The summed E-state index contributed by atoms with van der Waals surface area (Å²) in [6, 6.07) is 8.85. The smallest absolute Gasteiger partial charge is 0.0474 e. The highest BCUT2D eigenvalue weighted by molar-refractivity contribution is 6.31. The van der Waals surface area contributed by atoms with Gasteiger partial charge < -0.3 is 10.1 Å². The summed E-state index contributed by atoms with van der Waals surface area (Å²) in [6.07, 6.45) is 3.50. The molecule has 0 bridgehead atoms. The quantitative estimate of drug-likeness (QED) is 0.786. The van der Waals surface area contributed by atoms with Crippen molar-refractivity contribution in [3.05, 3.63) is 34.9 Å². The first-order valence-corrected chi connectivity index (χ1v) is 6.66. The molecule has 0 aliphatic heterocycles. The minimum atomic E-state index is 0.642. The zero-order chi connectivity index (χ0) is 12.1. The highest BCUT2D eigenvalue weighted by atomic mass is 35.5. The summed E-state index contributed by atoms with van der Waals surface area (Å²) in [5.41, 5.74) is 1.31. The van der Waals surface area contributed by atoms with Crippen molar-refractivity contribution in [3.63, 3.8) is 0 Å². The van der Waals surface area contributed by atoms with Gasteiger partial charge in [0.25, 0.3) is 0 Å². The van der Waals surface area contributed by atoms with Crippen LogP contribution in [0.1, 0.15) is 30.7 Å². The monoisotopic (exact) mass is 253 g/mol. The fourth-order valence-electron chi connectivity index (χ4n) is 2.37. The highest BCUT2D eigenvalue weighted by Crippen LogP contribution is 2.39. The van der Waals surface area contributed by atoms with Gasteiger partial charge in [-0.25, -0.2) is 0 Å². The molecular weight excluding hydrogens is 234 g/mol. The van der Waals surface area contributed by atoms with Crippen LogP contribution in [0.4, 0.5) is 0 Å². The molecule has 2 rings (SSSR count). The maximum absolute atomic E-state index is 6.19. The molecule has 0 saturated heterocycles. The first-order valence-electron chi connectivity index (χ1n) is 6.28. The lowest BCUT2D eigenvalue weighted by Gasteiger charge is -2.36. The van der Waals surface area contributed by atoms with Gasteiger partial charge in [0.05, 0.1) is 0 Å². The van der Waals surface area contributed by atoms with Crippen molar-refractivity contribution in [1.82, 2.24) is 5.32 Å². The molecule has 0 spiro atoms. The van der Waals surface area contributed by atoms with E-state index in [1.54, 1.807) is 7.11 Å². The molecular formula is C14H20ClNO. The number of halogens is 1. The Morgan fingerprint density at radius 3 is 2.82 bits per heavy atom. The van der Waals surface area contributed by atoms with Gasteiger partial charge in [-0.15, -0.1) is 0 Å². The Morgan fingerprint density at radius 2 is 2.12 bits per heavy atom. The van der Waals surface area contributed by atoms with E-state index in [-0.39, 0.29) is 0 Å². The van der Waals surface area contributed by atoms with Crippen LogP contribution in [0.3, 0.4) is 0 Å². The predicted molar refractivity (Wildman–Crippen MR) is 71.7 cm³/mol. The largest absolute Gasteiger partial charge is 0.385 e. The Kier molecular flexibility index (Phi) is 4.84. The van der Waals surface area contributed by atoms with E-state index >= 15 is 0 Å². The fourth-order valence-corrected chi connectivity index (χ4v) is 2.66. The SMILES string of the molecule is COCCCNC1CC(c2ccccc2Cl)C1. The lowest BCUT2D eigenvalue weighted by Crippen LogP contribution is -2.40. The van der Waals surface area contributed by atoms with Crippen molar-refractivity contribution in [2.75, 3.05) is 20.3 Å².